The zero-order valence-corrected chi connectivity index (χ0v) is 21.6. The van der Waals surface area contributed by atoms with E-state index in [1.54, 1.807) is 29.4 Å². The molecule has 1 fully saturated rings. The Kier molecular flexibility index (Phi) is 10.5. The normalized spacial score (nSPS) is 15.3. The van der Waals surface area contributed by atoms with Gasteiger partial charge in [-0.15, -0.1) is 22.9 Å². The summed E-state index contributed by atoms with van der Waals surface area (Å²) in [6.07, 6.45) is 7.39. The molecular formula is C26H35ClN2O4S. The van der Waals surface area contributed by atoms with Crippen LogP contribution in [0.2, 0.25) is 0 Å². The Morgan fingerprint density at radius 2 is 1.94 bits per heavy atom. The van der Waals surface area contributed by atoms with Gasteiger partial charge in [-0.2, -0.15) is 0 Å². The number of ether oxygens (including phenoxy) is 2. The van der Waals surface area contributed by atoms with E-state index in [4.69, 9.17) is 21.1 Å². The second kappa shape index (κ2) is 13.6. The first-order valence-electron chi connectivity index (χ1n) is 12.1. The number of halogens is 1. The lowest BCUT2D eigenvalue weighted by molar-refractivity contribution is -0.140. The fourth-order valence-electron chi connectivity index (χ4n) is 4.33. The Morgan fingerprint density at radius 1 is 1.18 bits per heavy atom. The van der Waals surface area contributed by atoms with E-state index in [1.165, 1.54) is 12.8 Å². The molecule has 6 nitrogen and oxygen atoms in total. The lowest BCUT2D eigenvalue weighted by Crippen LogP contribution is -2.46. The van der Waals surface area contributed by atoms with Crippen molar-refractivity contribution in [1.82, 2.24) is 10.2 Å². The quantitative estimate of drug-likeness (QED) is 0.314. The smallest absolute Gasteiger partial charge is 0.247 e. The second-order valence-electron chi connectivity index (χ2n) is 8.59. The van der Waals surface area contributed by atoms with Crippen molar-refractivity contribution in [2.24, 2.45) is 0 Å². The highest BCUT2D eigenvalue weighted by Gasteiger charge is 2.33. The van der Waals surface area contributed by atoms with Gasteiger partial charge in [0.15, 0.2) is 11.5 Å². The van der Waals surface area contributed by atoms with Crippen molar-refractivity contribution in [3.8, 4) is 11.5 Å². The van der Waals surface area contributed by atoms with Crippen molar-refractivity contribution in [2.75, 3.05) is 19.6 Å². The van der Waals surface area contributed by atoms with Crippen LogP contribution >= 0.6 is 22.9 Å². The third-order valence-electron chi connectivity index (χ3n) is 6.07. The van der Waals surface area contributed by atoms with Gasteiger partial charge in [0.2, 0.25) is 11.8 Å². The van der Waals surface area contributed by atoms with Crippen molar-refractivity contribution < 1.29 is 19.1 Å². The number of hydrogen-bond donors (Lipinski definition) is 1. The number of nitrogens with one attached hydrogen (secondary N) is 1. The topological polar surface area (TPSA) is 67.9 Å². The maximum atomic E-state index is 13.8. The molecule has 1 aliphatic carbocycles. The largest absolute Gasteiger partial charge is 0.493 e. The zero-order chi connectivity index (χ0) is 24.3. The summed E-state index contributed by atoms with van der Waals surface area (Å²) in [5.41, 5.74) is 0.668. The van der Waals surface area contributed by atoms with Gasteiger partial charge in [0, 0.05) is 10.9 Å². The first-order valence-corrected chi connectivity index (χ1v) is 13.5. The van der Waals surface area contributed by atoms with Crippen LogP contribution in [0.15, 0.2) is 35.7 Å². The lowest BCUT2D eigenvalue weighted by Gasteiger charge is -2.32. The number of amides is 2. The number of thiophene rings is 1. The van der Waals surface area contributed by atoms with Crippen LogP contribution in [0.3, 0.4) is 0 Å². The summed E-state index contributed by atoms with van der Waals surface area (Å²) >= 11 is 7.56. The van der Waals surface area contributed by atoms with Crippen molar-refractivity contribution in [2.45, 2.75) is 70.5 Å². The molecule has 2 amide bonds. The van der Waals surface area contributed by atoms with Crippen molar-refractivity contribution in [3.63, 3.8) is 0 Å². The number of rotatable bonds is 11. The Bertz CT molecular complexity index is 914. The number of methoxy groups -OCH3 is 1. The molecule has 0 saturated heterocycles. The van der Waals surface area contributed by atoms with Crippen LogP contribution in [-0.2, 0) is 16.1 Å². The van der Waals surface area contributed by atoms with Crippen LogP contribution in [-0.4, -0.2) is 42.4 Å². The van der Waals surface area contributed by atoms with Crippen LogP contribution < -0.4 is 14.8 Å². The number of alkyl halides is 1. The summed E-state index contributed by atoms with van der Waals surface area (Å²) in [6.45, 7) is 2.91. The molecule has 1 aromatic carbocycles. The van der Waals surface area contributed by atoms with Gasteiger partial charge in [-0.3, -0.25) is 9.59 Å². The molecule has 8 heteroatoms. The summed E-state index contributed by atoms with van der Waals surface area (Å²) in [5, 5.41) is 5.20. The molecule has 1 N–H and O–H groups in total. The molecule has 3 rings (SSSR count). The molecule has 34 heavy (non-hydrogen) atoms. The SMILES string of the molecule is CCCOc1ccc([C@@H](C(=O)NC2CCCCCC2)N(Cc2cccs2)C(=O)CCl)cc1OC. The van der Waals surface area contributed by atoms with Gasteiger partial charge in [-0.1, -0.05) is 44.7 Å². The molecule has 1 saturated carbocycles. The molecule has 0 spiro atoms. The number of hydrogen-bond acceptors (Lipinski definition) is 5. The summed E-state index contributed by atoms with van der Waals surface area (Å²) in [6, 6.07) is 8.63. The average Bonchev–Trinajstić information content (AvgIpc) is 3.24. The Morgan fingerprint density at radius 3 is 2.56 bits per heavy atom. The van der Waals surface area contributed by atoms with Crippen molar-refractivity contribution in [1.29, 1.82) is 0 Å². The third-order valence-corrected chi connectivity index (χ3v) is 7.16. The number of benzene rings is 1. The van der Waals surface area contributed by atoms with E-state index in [-0.39, 0.29) is 23.7 Å². The van der Waals surface area contributed by atoms with Crippen LogP contribution in [0.25, 0.3) is 0 Å². The van der Waals surface area contributed by atoms with E-state index >= 15 is 0 Å². The Labute approximate surface area is 211 Å². The van der Waals surface area contributed by atoms with Gasteiger partial charge in [-0.05, 0) is 48.4 Å². The third kappa shape index (κ3) is 7.12. The minimum Gasteiger partial charge on any atom is -0.493 e. The highest BCUT2D eigenvalue weighted by Crippen LogP contribution is 2.34. The molecule has 2 aromatic rings. The van der Waals surface area contributed by atoms with E-state index < -0.39 is 6.04 Å². The second-order valence-corrected chi connectivity index (χ2v) is 9.89. The minimum atomic E-state index is -0.828. The van der Waals surface area contributed by atoms with Crippen LogP contribution in [0, 0.1) is 0 Å². The number of carbonyl (C=O) groups is 2. The van der Waals surface area contributed by atoms with E-state index in [0.717, 1.165) is 37.0 Å². The molecule has 1 atom stereocenters. The van der Waals surface area contributed by atoms with Crippen LogP contribution in [0.1, 0.15) is 68.4 Å². The van der Waals surface area contributed by atoms with E-state index in [1.807, 2.05) is 36.6 Å². The van der Waals surface area contributed by atoms with Crippen LogP contribution in [0.5, 0.6) is 11.5 Å². The summed E-state index contributed by atoms with van der Waals surface area (Å²) in [5.74, 6) is 0.470. The molecule has 1 aromatic heterocycles. The molecule has 1 heterocycles. The summed E-state index contributed by atoms with van der Waals surface area (Å²) in [7, 11) is 1.58. The van der Waals surface area contributed by atoms with E-state index in [2.05, 4.69) is 5.32 Å². The maximum Gasteiger partial charge on any atom is 0.247 e. The maximum absolute atomic E-state index is 13.8. The highest BCUT2D eigenvalue weighted by molar-refractivity contribution is 7.09. The molecule has 186 valence electrons. The predicted octanol–water partition coefficient (Wildman–Crippen LogP) is 5.69. The minimum absolute atomic E-state index is 0.112. The van der Waals surface area contributed by atoms with Gasteiger partial charge in [0.25, 0.3) is 0 Å². The molecule has 1 aliphatic rings. The van der Waals surface area contributed by atoms with Gasteiger partial charge in [0.05, 0.1) is 20.3 Å². The Hall–Kier alpha value is -2.25. The first-order chi connectivity index (χ1) is 16.6. The monoisotopic (exact) mass is 506 g/mol. The fourth-order valence-corrected chi connectivity index (χ4v) is 5.19. The average molecular weight is 507 g/mol. The number of carbonyl (C=O) groups excluding carboxylic acids is 2. The van der Waals surface area contributed by atoms with Gasteiger partial charge >= 0.3 is 0 Å². The van der Waals surface area contributed by atoms with Gasteiger partial charge in [-0.25, -0.2) is 0 Å². The van der Waals surface area contributed by atoms with Gasteiger partial charge < -0.3 is 19.7 Å². The molecule has 0 radical (unpaired) electrons. The zero-order valence-electron chi connectivity index (χ0n) is 20.1. The molecule has 0 bridgehead atoms. The summed E-state index contributed by atoms with van der Waals surface area (Å²) < 4.78 is 11.4. The molecule has 0 unspecified atom stereocenters. The first kappa shape index (κ1) is 26.4. The van der Waals surface area contributed by atoms with Crippen LogP contribution in [0.4, 0.5) is 0 Å². The predicted molar refractivity (Wildman–Crippen MR) is 137 cm³/mol. The lowest BCUT2D eigenvalue weighted by atomic mass is 10.0. The highest BCUT2D eigenvalue weighted by atomic mass is 35.5. The standard InChI is InChI=1S/C26H35ClN2O4S/c1-3-14-33-22-13-12-19(16-23(22)32-2)25(26(31)28-20-9-6-4-5-7-10-20)29(24(30)17-27)18-21-11-8-15-34-21/h8,11-13,15-16,20,25H,3-7,9-10,14,17-18H2,1-2H3,(H,28,31)/t25-/m0/s1. The number of nitrogens with zero attached hydrogens (tertiary/aromatic N) is 1. The van der Waals surface area contributed by atoms with Crippen molar-refractivity contribution in [3.05, 3.63) is 46.2 Å². The van der Waals surface area contributed by atoms with Crippen molar-refractivity contribution >= 4 is 34.8 Å². The van der Waals surface area contributed by atoms with E-state index in [0.29, 0.717) is 30.2 Å². The molecular weight excluding hydrogens is 472 g/mol. The molecule has 0 aliphatic heterocycles. The summed E-state index contributed by atoms with van der Waals surface area (Å²) in [4.78, 5) is 29.3. The van der Waals surface area contributed by atoms with E-state index in [9.17, 15) is 9.59 Å². The Balaban J connectivity index is 1.97. The van der Waals surface area contributed by atoms with Gasteiger partial charge in [0.1, 0.15) is 11.9 Å². The fraction of sp³-hybridized carbons (Fsp3) is 0.538.